The maximum absolute atomic E-state index is 13.4. The van der Waals surface area contributed by atoms with Gasteiger partial charge in [0.2, 0.25) is 20.0 Å². The molecule has 220 valence electrons. The molecular weight excluding hydrogens is 589 g/mol. The standard InChI is InChI=1S/C25H31F3N4O5S3/c1-24(33,25(26,27)28)20-7-9-21(10-8-20)32-13-12-30(40(36,37)23-6-4-14-38-23)17-22(32)18-31(39(2,34)35)16-19-5-3-11-29-15-19/h3-5,7-11,14-15,22-23,33H,6,12-13,16-18H2,1-2H3/t22-,23?,24-/m1/s1. The average molecular weight is 621 g/mol. The molecule has 0 amide bonds. The summed E-state index contributed by atoms with van der Waals surface area (Å²) in [6.07, 6.45) is 1.46. The third-order valence-corrected chi connectivity index (χ3v) is 12.1. The van der Waals surface area contributed by atoms with Crippen molar-refractivity contribution in [2.24, 2.45) is 0 Å². The Morgan fingerprint density at radius 2 is 1.82 bits per heavy atom. The van der Waals surface area contributed by atoms with Crippen molar-refractivity contribution in [3.63, 3.8) is 0 Å². The molecule has 2 aliphatic heterocycles. The SMILES string of the molecule is C[C@@](O)(c1ccc(N2CCN(S(=O)(=O)C3CC=CS3)C[C@@H]2CN(Cc2cccnc2)S(C)(=O)=O)cc1)C(F)(F)F. The van der Waals surface area contributed by atoms with E-state index in [1.807, 2.05) is 0 Å². The quantitative estimate of drug-likeness (QED) is 0.456. The van der Waals surface area contributed by atoms with Gasteiger partial charge in [-0.05, 0) is 48.1 Å². The van der Waals surface area contributed by atoms with E-state index >= 15 is 0 Å². The van der Waals surface area contributed by atoms with Crippen molar-refractivity contribution in [1.29, 1.82) is 0 Å². The van der Waals surface area contributed by atoms with Crippen LogP contribution in [0, 0.1) is 0 Å². The van der Waals surface area contributed by atoms with Gasteiger partial charge >= 0.3 is 6.18 Å². The van der Waals surface area contributed by atoms with Crippen molar-refractivity contribution in [2.45, 2.75) is 42.3 Å². The molecule has 40 heavy (non-hydrogen) atoms. The van der Waals surface area contributed by atoms with Gasteiger partial charge in [0.05, 0.1) is 12.3 Å². The Morgan fingerprint density at radius 3 is 2.38 bits per heavy atom. The summed E-state index contributed by atoms with van der Waals surface area (Å²) in [7, 11) is -7.44. The minimum atomic E-state index is -4.88. The van der Waals surface area contributed by atoms with Crippen LogP contribution in [0.1, 0.15) is 24.5 Å². The number of anilines is 1. The number of benzene rings is 1. The smallest absolute Gasteiger partial charge is 0.376 e. The zero-order valence-electron chi connectivity index (χ0n) is 21.9. The highest BCUT2D eigenvalue weighted by molar-refractivity contribution is 8.14. The van der Waals surface area contributed by atoms with E-state index in [9.17, 15) is 35.1 Å². The summed E-state index contributed by atoms with van der Waals surface area (Å²) in [6.45, 7) is 0.915. The first-order valence-electron chi connectivity index (χ1n) is 12.4. The summed E-state index contributed by atoms with van der Waals surface area (Å²) >= 11 is 1.21. The van der Waals surface area contributed by atoms with Crippen LogP contribution in [0.25, 0.3) is 0 Å². The number of nitrogens with zero attached hydrogens (tertiary/aromatic N) is 4. The molecule has 4 rings (SSSR count). The van der Waals surface area contributed by atoms with Gasteiger partial charge in [0.1, 0.15) is 4.58 Å². The van der Waals surface area contributed by atoms with Gasteiger partial charge in [-0.1, -0.05) is 24.3 Å². The lowest BCUT2D eigenvalue weighted by atomic mass is 9.95. The highest BCUT2D eigenvalue weighted by Gasteiger charge is 2.51. The number of hydrogen-bond donors (Lipinski definition) is 1. The van der Waals surface area contributed by atoms with E-state index in [-0.39, 0.29) is 38.3 Å². The number of aliphatic hydroxyl groups is 1. The average Bonchev–Trinajstić information content (AvgIpc) is 3.44. The Labute approximate surface area is 236 Å². The van der Waals surface area contributed by atoms with E-state index in [2.05, 4.69) is 4.98 Å². The fourth-order valence-electron chi connectivity index (χ4n) is 4.67. The Morgan fingerprint density at radius 1 is 1.12 bits per heavy atom. The normalized spacial score (nSPS) is 22.5. The number of aromatic nitrogens is 1. The molecule has 2 aromatic rings. The number of thioether (sulfide) groups is 1. The van der Waals surface area contributed by atoms with E-state index in [1.54, 1.807) is 40.9 Å². The van der Waals surface area contributed by atoms with Gasteiger partial charge in [-0.3, -0.25) is 4.98 Å². The minimum Gasteiger partial charge on any atom is -0.376 e. The molecule has 1 aromatic carbocycles. The van der Waals surface area contributed by atoms with Crippen molar-refractivity contribution in [2.75, 3.05) is 37.3 Å². The number of sulfonamides is 2. The molecule has 15 heteroatoms. The van der Waals surface area contributed by atoms with E-state index < -0.39 is 42.4 Å². The maximum atomic E-state index is 13.4. The number of allylic oxidation sites excluding steroid dienone is 1. The Hall–Kier alpha value is -2.17. The van der Waals surface area contributed by atoms with Crippen LogP contribution in [0.4, 0.5) is 18.9 Å². The molecule has 1 aromatic heterocycles. The molecule has 1 unspecified atom stereocenters. The van der Waals surface area contributed by atoms with Crippen molar-refractivity contribution in [3.05, 3.63) is 71.4 Å². The topological polar surface area (TPSA) is 111 Å². The fourth-order valence-corrected chi connectivity index (χ4v) is 8.63. The lowest BCUT2D eigenvalue weighted by Gasteiger charge is -2.44. The van der Waals surface area contributed by atoms with Gasteiger partial charge in [0.15, 0.2) is 5.60 Å². The maximum Gasteiger partial charge on any atom is 0.421 e. The zero-order chi connectivity index (χ0) is 29.3. The van der Waals surface area contributed by atoms with Crippen LogP contribution in [0.3, 0.4) is 0 Å². The number of piperazine rings is 1. The first kappa shape index (κ1) is 30.8. The molecule has 0 aliphatic carbocycles. The summed E-state index contributed by atoms with van der Waals surface area (Å²) in [5, 5.41) is 11.8. The van der Waals surface area contributed by atoms with E-state index in [0.29, 0.717) is 24.6 Å². The van der Waals surface area contributed by atoms with Crippen LogP contribution in [0.2, 0.25) is 0 Å². The molecule has 0 radical (unpaired) electrons. The van der Waals surface area contributed by atoms with Gasteiger partial charge in [0, 0.05) is 50.8 Å². The number of pyridine rings is 1. The van der Waals surface area contributed by atoms with E-state index in [0.717, 1.165) is 6.26 Å². The van der Waals surface area contributed by atoms with Crippen molar-refractivity contribution >= 4 is 37.5 Å². The summed E-state index contributed by atoms with van der Waals surface area (Å²) in [6, 6.07) is 7.97. The summed E-state index contributed by atoms with van der Waals surface area (Å²) in [4.78, 5) is 5.84. The second kappa shape index (κ2) is 11.6. The van der Waals surface area contributed by atoms with Crippen LogP contribution < -0.4 is 4.90 Å². The number of rotatable bonds is 9. The molecule has 0 saturated carbocycles. The van der Waals surface area contributed by atoms with Crippen molar-refractivity contribution < 1.29 is 35.1 Å². The highest BCUT2D eigenvalue weighted by atomic mass is 32.3. The van der Waals surface area contributed by atoms with Gasteiger partial charge in [-0.2, -0.15) is 21.8 Å². The Kier molecular flexibility index (Phi) is 8.93. The summed E-state index contributed by atoms with van der Waals surface area (Å²) in [5.41, 5.74) is -2.27. The minimum absolute atomic E-state index is 0.0134. The molecule has 2 aliphatic rings. The second-order valence-corrected chi connectivity index (χ2v) is 15.5. The van der Waals surface area contributed by atoms with Gasteiger partial charge in [0.25, 0.3) is 0 Å². The number of hydrogen-bond acceptors (Lipinski definition) is 8. The van der Waals surface area contributed by atoms with Crippen LogP contribution >= 0.6 is 11.8 Å². The lowest BCUT2D eigenvalue weighted by Crippen LogP contribution is -2.59. The van der Waals surface area contributed by atoms with Crippen LogP contribution in [-0.4, -0.2) is 84.8 Å². The number of halogens is 3. The van der Waals surface area contributed by atoms with Gasteiger partial charge in [-0.15, -0.1) is 11.8 Å². The first-order chi connectivity index (χ1) is 18.6. The van der Waals surface area contributed by atoms with Crippen molar-refractivity contribution in [3.8, 4) is 0 Å². The van der Waals surface area contributed by atoms with Gasteiger partial charge in [-0.25, -0.2) is 16.8 Å². The molecule has 0 spiro atoms. The fraction of sp³-hybridized carbons (Fsp3) is 0.480. The second-order valence-electron chi connectivity index (χ2n) is 9.96. The third-order valence-electron chi connectivity index (χ3n) is 7.07. The lowest BCUT2D eigenvalue weighted by molar-refractivity contribution is -0.258. The van der Waals surface area contributed by atoms with Crippen LogP contribution in [-0.2, 0) is 32.2 Å². The largest absolute Gasteiger partial charge is 0.421 e. The molecule has 3 heterocycles. The molecule has 1 fully saturated rings. The Bertz CT molecular complexity index is 1410. The van der Waals surface area contributed by atoms with Gasteiger partial charge < -0.3 is 10.0 Å². The Balaban J connectivity index is 1.65. The molecule has 1 saturated heterocycles. The van der Waals surface area contributed by atoms with Crippen molar-refractivity contribution in [1.82, 2.24) is 13.6 Å². The molecule has 0 bridgehead atoms. The number of alkyl halides is 3. The molecule has 3 atom stereocenters. The predicted octanol–water partition coefficient (Wildman–Crippen LogP) is 3.11. The molecule has 9 nitrogen and oxygen atoms in total. The zero-order valence-corrected chi connectivity index (χ0v) is 24.3. The van der Waals surface area contributed by atoms with E-state index in [1.165, 1.54) is 44.6 Å². The third kappa shape index (κ3) is 6.65. The molecular formula is C25H31F3N4O5S3. The summed E-state index contributed by atoms with van der Waals surface area (Å²) < 4.78 is 94.4. The highest BCUT2D eigenvalue weighted by Crippen LogP contribution is 2.39. The first-order valence-corrected chi connectivity index (χ1v) is 16.7. The molecule has 1 N–H and O–H groups in total. The van der Waals surface area contributed by atoms with E-state index in [4.69, 9.17) is 0 Å². The summed E-state index contributed by atoms with van der Waals surface area (Å²) in [5.74, 6) is 0. The predicted molar refractivity (Wildman–Crippen MR) is 148 cm³/mol. The van der Waals surface area contributed by atoms with Crippen LogP contribution in [0.15, 0.2) is 60.3 Å². The van der Waals surface area contributed by atoms with Crippen LogP contribution in [0.5, 0.6) is 0 Å². The monoisotopic (exact) mass is 620 g/mol.